The minimum Gasteiger partial charge on any atom is -0.352 e. The molecular weight excluding hydrogens is 457 g/mol. The number of halogens is 2. The van der Waals surface area contributed by atoms with Crippen molar-refractivity contribution in [1.82, 2.24) is 13.9 Å². The summed E-state index contributed by atoms with van der Waals surface area (Å²) >= 11 is 5.70. The molecule has 0 radical (unpaired) electrons. The Labute approximate surface area is 181 Å². The van der Waals surface area contributed by atoms with Crippen molar-refractivity contribution >= 4 is 37.6 Å². The van der Waals surface area contributed by atoms with Crippen LogP contribution in [0.15, 0.2) is 23.1 Å². The van der Waals surface area contributed by atoms with Gasteiger partial charge in [-0.3, -0.25) is 4.79 Å². The Morgan fingerprint density at radius 3 is 2.37 bits per heavy atom. The van der Waals surface area contributed by atoms with Gasteiger partial charge < -0.3 is 5.32 Å². The zero-order valence-corrected chi connectivity index (χ0v) is 18.9. The number of hydrogen-bond donors (Lipinski definition) is 1. The van der Waals surface area contributed by atoms with Crippen molar-refractivity contribution in [3.63, 3.8) is 0 Å². The molecule has 2 saturated heterocycles. The third kappa shape index (κ3) is 5.31. The summed E-state index contributed by atoms with van der Waals surface area (Å²) in [6.45, 7) is 1.03. The lowest BCUT2D eigenvalue weighted by Gasteiger charge is -2.34. The summed E-state index contributed by atoms with van der Waals surface area (Å²) in [7, 11) is -7.12. The second-order valence-corrected chi connectivity index (χ2v) is 12.1. The number of nitrogens with one attached hydrogen (secondary N) is 1. The Morgan fingerprint density at radius 1 is 1.10 bits per heavy atom. The Balaban J connectivity index is 1.57. The molecule has 0 spiro atoms. The lowest BCUT2D eigenvalue weighted by Crippen LogP contribution is -2.51. The van der Waals surface area contributed by atoms with Gasteiger partial charge in [0, 0.05) is 38.1 Å². The molecule has 1 aromatic carbocycles. The molecule has 0 aliphatic carbocycles. The molecule has 1 atom stereocenters. The molecule has 2 aliphatic heterocycles. The van der Waals surface area contributed by atoms with Gasteiger partial charge in [0.15, 0.2) is 0 Å². The zero-order valence-electron chi connectivity index (χ0n) is 16.6. The van der Waals surface area contributed by atoms with E-state index in [0.717, 1.165) is 18.4 Å². The normalized spacial score (nSPS) is 22.7. The molecule has 1 amide bonds. The van der Waals surface area contributed by atoms with Gasteiger partial charge in [-0.1, -0.05) is 11.6 Å². The molecule has 30 heavy (non-hydrogen) atoms. The summed E-state index contributed by atoms with van der Waals surface area (Å²) in [6.07, 6.45) is 3.23. The fourth-order valence-corrected chi connectivity index (χ4v) is 6.48. The van der Waals surface area contributed by atoms with Crippen LogP contribution in [0.25, 0.3) is 0 Å². The van der Waals surface area contributed by atoms with E-state index in [1.54, 1.807) is 0 Å². The maximum Gasteiger partial charge on any atom is 0.243 e. The van der Waals surface area contributed by atoms with Gasteiger partial charge in [-0.05, 0) is 43.9 Å². The number of amides is 1. The summed E-state index contributed by atoms with van der Waals surface area (Å²) in [5.74, 6) is -1.22. The van der Waals surface area contributed by atoms with Gasteiger partial charge in [-0.2, -0.15) is 4.31 Å². The first kappa shape index (κ1) is 23.4. The third-order valence-corrected chi connectivity index (χ3v) is 9.01. The van der Waals surface area contributed by atoms with Gasteiger partial charge in [-0.25, -0.2) is 25.5 Å². The predicted octanol–water partition coefficient (Wildman–Crippen LogP) is 1.42. The van der Waals surface area contributed by atoms with Gasteiger partial charge in [0.1, 0.15) is 5.82 Å². The number of piperidine rings is 2. The van der Waals surface area contributed by atoms with Crippen molar-refractivity contribution in [3.8, 4) is 0 Å². The number of rotatable bonds is 5. The number of carbonyl (C=O) groups is 1. The number of hydrogen-bond acceptors (Lipinski definition) is 5. The van der Waals surface area contributed by atoms with Crippen molar-refractivity contribution in [1.29, 1.82) is 0 Å². The maximum atomic E-state index is 13.3. The summed E-state index contributed by atoms with van der Waals surface area (Å²) < 4.78 is 64.9. The number of carbonyl (C=O) groups excluding carboxylic acids is 1. The van der Waals surface area contributed by atoms with Crippen LogP contribution in [0.3, 0.4) is 0 Å². The second kappa shape index (κ2) is 9.07. The molecule has 2 heterocycles. The number of nitrogens with zero attached hydrogens (tertiary/aromatic N) is 2. The molecule has 1 N–H and O–H groups in total. The lowest BCUT2D eigenvalue weighted by atomic mass is 9.96. The lowest BCUT2D eigenvalue weighted by molar-refractivity contribution is -0.127. The Bertz CT molecular complexity index is 1010. The summed E-state index contributed by atoms with van der Waals surface area (Å²) in [5.41, 5.74) is 0. The first-order valence-corrected chi connectivity index (χ1v) is 13.4. The van der Waals surface area contributed by atoms with Crippen LogP contribution in [0.2, 0.25) is 5.02 Å². The van der Waals surface area contributed by atoms with Crippen molar-refractivity contribution < 1.29 is 26.0 Å². The fourth-order valence-electron chi connectivity index (χ4n) is 3.83. The Hall–Kier alpha value is -1.27. The Morgan fingerprint density at radius 2 is 1.77 bits per heavy atom. The average Bonchev–Trinajstić information content (AvgIpc) is 2.69. The molecular formula is C18H25ClFN3O5S2. The van der Waals surface area contributed by atoms with Crippen molar-refractivity contribution in [2.24, 2.45) is 5.92 Å². The van der Waals surface area contributed by atoms with E-state index >= 15 is 0 Å². The molecule has 2 fully saturated rings. The SMILES string of the molecule is CS(=O)(=O)N1CCCC(NC(=O)C2CCN(S(=O)(=O)c3ccc(F)c(Cl)c3)CC2)C1. The van der Waals surface area contributed by atoms with E-state index in [0.29, 0.717) is 32.2 Å². The van der Waals surface area contributed by atoms with Gasteiger partial charge in [0.25, 0.3) is 0 Å². The van der Waals surface area contributed by atoms with E-state index < -0.39 is 25.9 Å². The van der Waals surface area contributed by atoms with Crippen LogP contribution in [-0.2, 0) is 24.8 Å². The Kier molecular flexibility index (Phi) is 7.08. The van der Waals surface area contributed by atoms with Crippen LogP contribution >= 0.6 is 11.6 Å². The first-order valence-electron chi connectivity index (χ1n) is 9.69. The van der Waals surface area contributed by atoms with E-state index in [1.165, 1.54) is 14.7 Å². The monoisotopic (exact) mass is 481 g/mol. The van der Waals surface area contributed by atoms with E-state index in [-0.39, 0.29) is 47.4 Å². The zero-order chi connectivity index (χ0) is 22.1. The molecule has 0 bridgehead atoms. The number of sulfonamides is 2. The quantitative estimate of drug-likeness (QED) is 0.685. The molecule has 1 aromatic rings. The summed E-state index contributed by atoms with van der Waals surface area (Å²) in [6, 6.07) is 3.02. The van der Waals surface area contributed by atoms with Gasteiger partial charge >= 0.3 is 0 Å². The molecule has 8 nitrogen and oxygen atoms in total. The second-order valence-electron chi connectivity index (χ2n) is 7.72. The molecule has 1 unspecified atom stereocenters. The standard InChI is InChI=1S/C18H25ClFN3O5S2/c1-29(25,26)23-8-2-3-14(12-23)21-18(24)13-6-9-22(10-7-13)30(27,28)15-4-5-17(20)16(19)11-15/h4-5,11,13-14H,2-3,6-10,12H2,1H3,(H,21,24). The van der Waals surface area contributed by atoms with Gasteiger partial charge in [0.2, 0.25) is 26.0 Å². The first-order chi connectivity index (χ1) is 14.0. The molecule has 0 aromatic heterocycles. The van der Waals surface area contributed by atoms with Gasteiger partial charge in [-0.15, -0.1) is 0 Å². The highest BCUT2D eigenvalue weighted by atomic mass is 35.5. The predicted molar refractivity (Wildman–Crippen MR) is 110 cm³/mol. The average molecular weight is 482 g/mol. The van der Waals surface area contributed by atoms with Crippen LogP contribution < -0.4 is 5.32 Å². The van der Waals surface area contributed by atoms with E-state index in [4.69, 9.17) is 11.6 Å². The largest absolute Gasteiger partial charge is 0.352 e. The van der Waals surface area contributed by atoms with E-state index in [9.17, 15) is 26.0 Å². The molecule has 12 heteroatoms. The van der Waals surface area contributed by atoms with Crippen molar-refractivity contribution in [2.75, 3.05) is 32.4 Å². The molecule has 3 rings (SSSR count). The van der Waals surface area contributed by atoms with Crippen LogP contribution in [0.5, 0.6) is 0 Å². The number of benzene rings is 1. The van der Waals surface area contributed by atoms with Crippen molar-refractivity contribution in [2.45, 2.75) is 36.6 Å². The molecule has 168 valence electrons. The highest BCUT2D eigenvalue weighted by Gasteiger charge is 2.34. The minimum absolute atomic E-state index is 0.0835. The van der Waals surface area contributed by atoms with Gasteiger partial charge in [0.05, 0.1) is 16.2 Å². The van der Waals surface area contributed by atoms with E-state index in [1.807, 2.05) is 0 Å². The maximum absolute atomic E-state index is 13.3. The van der Waals surface area contributed by atoms with Crippen molar-refractivity contribution in [3.05, 3.63) is 29.0 Å². The third-order valence-electron chi connectivity index (χ3n) is 5.55. The fraction of sp³-hybridized carbons (Fsp3) is 0.611. The molecule has 2 aliphatic rings. The smallest absolute Gasteiger partial charge is 0.243 e. The summed E-state index contributed by atoms with van der Waals surface area (Å²) in [5, 5.41) is 2.65. The topological polar surface area (TPSA) is 104 Å². The van der Waals surface area contributed by atoms with Crippen LogP contribution in [0, 0.1) is 11.7 Å². The van der Waals surface area contributed by atoms with Crippen LogP contribution in [0.4, 0.5) is 4.39 Å². The van der Waals surface area contributed by atoms with Crippen LogP contribution in [-0.4, -0.2) is 69.8 Å². The van der Waals surface area contributed by atoms with Crippen LogP contribution in [0.1, 0.15) is 25.7 Å². The highest BCUT2D eigenvalue weighted by molar-refractivity contribution is 7.89. The van der Waals surface area contributed by atoms with E-state index in [2.05, 4.69) is 5.32 Å². The highest BCUT2D eigenvalue weighted by Crippen LogP contribution is 2.27. The summed E-state index contributed by atoms with van der Waals surface area (Å²) in [4.78, 5) is 12.5. The minimum atomic E-state index is -3.82. The molecule has 0 saturated carbocycles.